The number of ether oxygens (including phenoxy) is 1. The average Bonchev–Trinajstić information content (AvgIpc) is 2.62. The highest BCUT2D eigenvalue weighted by atomic mass is 35.5. The number of hydrogen-bond donors (Lipinski definition) is 1. The second-order valence-corrected chi connectivity index (χ2v) is 7.42. The molecule has 3 rings (SSSR count). The second-order valence-electron chi connectivity index (χ2n) is 6.60. The summed E-state index contributed by atoms with van der Waals surface area (Å²) in [6.45, 7) is 4.19. The predicted molar refractivity (Wildman–Crippen MR) is 108 cm³/mol. The Hall–Kier alpha value is -1.91. The van der Waals surface area contributed by atoms with E-state index < -0.39 is 0 Å². The van der Waals surface area contributed by atoms with Gasteiger partial charge in [-0.3, -0.25) is 4.79 Å². The molecule has 1 fully saturated rings. The highest BCUT2D eigenvalue weighted by Gasteiger charge is 2.18. The molecule has 1 amide bonds. The van der Waals surface area contributed by atoms with Crippen LogP contribution in [-0.4, -0.2) is 25.6 Å². The molecule has 2 aromatic rings. The maximum atomic E-state index is 12.1. The zero-order chi connectivity index (χ0) is 18.5. The summed E-state index contributed by atoms with van der Waals surface area (Å²) in [6.07, 6.45) is 2.35. The molecule has 0 spiro atoms. The Kier molecular flexibility index (Phi) is 6.28. The van der Waals surface area contributed by atoms with Gasteiger partial charge in [0.1, 0.15) is 5.75 Å². The third kappa shape index (κ3) is 4.83. The van der Waals surface area contributed by atoms with Gasteiger partial charge in [0.05, 0.1) is 15.7 Å². The Morgan fingerprint density at radius 3 is 2.58 bits per heavy atom. The fourth-order valence-electron chi connectivity index (χ4n) is 2.99. The molecular weight excluding hydrogens is 371 g/mol. The summed E-state index contributed by atoms with van der Waals surface area (Å²) >= 11 is 12.4. The van der Waals surface area contributed by atoms with Gasteiger partial charge in [0.2, 0.25) is 0 Å². The molecule has 0 saturated carbocycles. The molecule has 0 bridgehead atoms. The molecule has 0 unspecified atom stereocenters. The van der Waals surface area contributed by atoms with Crippen LogP contribution in [-0.2, 0) is 4.79 Å². The summed E-state index contributed by atoms with van der Waals surface area (Å²) < 4.78 is 5.44. The minimum Gasteiger partial charge on any atom is -0.482 e. The molecule has 138 valence electrons. The average molecular weight is 393 g/mol. The molecule has 1 saturated heterocycles. The van der Waals surface area contributed by atoms with E-state index in [0.717, 1.165) is 24.7 Å². The van der Waals surface area contributed by atoms with Crippen molar-refractivity contribution in [2.75, 3.05) is 29.9 Å². The van der Waals surface area contributed by atoms with Crippen LogP contribution in [0.25, 0.3) is 0 Å². The monoisotopic (exact) mass is 392 g/mol. The first kappa shape index (κ1) is 18.9. The van der Waals surface area contributed by atoms with Crippen LogP contribution >= 0.6 is 23.2 Å². The summed E-state index contributed by atoms with van der Waals surface area (Å²) in [5.74, 6) is 0.985. The van der Waals surface area contributed by atoms with E-state index in [4.69, 9.17) is 27.9 Å². The molecular formula is C20H22Cl2N2O2. The molecule has 0 atom stereocenters. The van der Waals surface area contributed by atoms with Gasteiger partial charge in [-0.25, -0.2) is 0 Å². The van der Waals surface area contributed by atoms with Crippen molar-refractivity contribution < 1.29 is 9.53 Å². The van der Waals surface area contributed by atoms with Crippen LogP contribution in [0.1, 0.15) is 19.8 Å². The van der Waals surface area contributed by atoms with E-state index in [9.17, 15) is 4.79 Å². The number of rotatable bonds is 5. The molecule has 6 heteroatoms. The molecule has 1 N–H and O–H groups in total. The zero-order valence-electron chi connectivity index (χ0n) is 14.7. The maximum absolute atomic E-state index is 12.1. The summed E-state index contributed by atoms with van der Waals surface area (Å²) in [5.41, 5.74) is 1.67. The van der Waals surface area contributed by atoms with E-state index in [0.29, 0.717) is 21.5 Å². The lowest BCUT2D eigenvalue weighted by Crippen LogP contribution is -2.32. The van der Waals surface area contributed by atoms with Gasteiger partial charge >= 0.3 is 0 Å². The molecule has 1 heterocycles. The lowest BCUT2D eigenvalue weighted by Gasteiger charge is -2.32. The van der Waals surface area contributed by atoms with Crippen molar-refractivity contribution in [1.82, 2.24) is 0 Å². The molecule has 2 aromatic carbocycles. The topological polar surface area (TPSA) is 41.6 Å². The van der Waals surface area contributed by atoms with Crippen molar-refractivity contribution in [2.24, 2.45) is 5.92 Å². The Morgan fingerprint density at radius 1 is 1.15 bits per heavy atom. The summed E-state index contributed by atoms with van der Waals surface area (Å²) in [4.78, 5) is 14.4. The first-order chi connectivity index (χ1) is 12.5. The van der Waals surface area contributed by atoms with E-state index in [1.165, 1.54) is 12.8 Å². The largest absolute Gasteiger partial charge is 0.482 e. The number of piperidine rings is 1. The number of carbonyl (C=O) groups is 1. The molecule has 1 aliphatic rings. The van der Waals surface area contributed by atoms with Crippen molar-refractivity contribution >= 4 is 40.5 Å². The van der Waals surface area contributed by atoms with Gasteiger partial charge in [0, 0.05) is 18.8 Å². The number of benzene rings is 2. The summed E-state index contributed by atoms with van der Waals surface area (Å²) in [7, 11) is 0. The Morgan fingerprint density at radius 2 is 1.88 bits per heavy atom. The fourth-order valence-corrected chi connectivity index (χ4v) is 3.48. The molecule has 4 nitrogen and oxygen atoms in total. The van der Waals surface area contributed by atoms with Crippen LogP contribution in [0.5, 0.6) is 5.75 Å². The quantitative estimate of drug-likeness (QED) is 0.755. The number of para-hydroxylation sites is 1. The molecule has 1 aliphatic heterocycles. The van der Waals surface area contributed by atoms with Gasteiger partial charge in [-0.05, 0) is 49.1 Å². The standard InChI is InChI=1S/C20H22Cl2N2O2/c1-14-8-10-24(11-9-14)18-7-6-15(12-17(18)22)23-20(25)13-26-19-5-3-2-4-16(19)21/h2-7,12,14H,8-11,13H2,1H3,(H,23,25). The predicted octanol–water partition coefficient (Wildman–Crippen LogP) is 5.25. The van der Waals surface area contributed by atoms with Crippen molar-refractivity contribution in [3.63, 3.8) is 0 Å². The number of nitrogens with zero attached hydrogens (tertiary/aromatic N) is 1. The number of hydrogen-bond acceptors (Lipinski definition) is 3. The fraction of sp³-hybridized carbons (Fsp3) is 0.350. The second kappa shape index (κ2) is 8.65. The van der Waals surface area contributed by atoms with Gasteiger partial charge in [-0.2, -0.15) is 0 Å². The van der Waals surface area contributed by atoms with Crippen LogP contribution in [0.15, 0.2) is 42.5 Å². The minimum atomic E-state index is -0.263. The Balaban J connectivity index is 1.57. The third-order valence-electron chi connectivity index (χ3n) is 4.55. The molecule has 0 aliphatic carbocycles. The summed E-state index contributed by atoms with van der Waals surface area (Å²) in [5, 5.41) is 3.92. The van der Waals surface area contributed by atoms with E-state index in [2.05, 4.69) is 17.1 Å². The van der Waals surface area contributed by atoms with Crippen LogP contribution in [0.4, 0.5) is 11.4 Å². The third-order valence-corrected chi connectivity index (χ3v) is 5.17. The maximum Gasteiger partial charge on any atom is 0.262 e. The van der Waals surface area contributed by atoms with E-state index in [-0.39, 0.29) is 12.5 Å². The van der Waals surface area contributed by atoms with E-state index in [1.807, 2.05) is 18.2 Å². The Bertz CT molecular complexity index is 774. The normalized spacial score (nSPS) is 15.0. The Labute approximate surface area is 164 Å². The van der Waals surface area contributed by atoms with E-state index in [1.54, 1.807) is 24.3 Å². The summed E-state index contributed by atoms with van der Waals surface area (Å²) in [6, 6.07) is 12.7. The van der Waals surface area contributed by atoms with Gasteiger partial charge in [0.25, 0.3) is 5.91 Å². The number of anilines is 2. The highest BCUT2D eigenvalue weighted by Crippen LogP contribution is 2.32. The number of nitrogens with one attached hydrogen (secondary N) is 1. The van der Waals surface area contributed by atoms with E-state index >= 15 is 0 Å². The van der Waals surface area contributed by atoms with Crippen molar-refractivity contribution in [3.05, 3.63) is 52.5 Å². The van der Waals surface area contributed by atoms with Crippen molar-refractivity contribution in [3.8, 4) is 5.75 Å². The lowest BCUT2D eigenvalue weighted by molar-refractivity contribution is -0.118. The number of halogens is 2. The molecule has 0 radical (unpaired) electrons. The van der Waals surface area contributed by atoms with Crippen LogP contribution in [0.2, 0.25) is 10.0 Å². The van der Waals surface area contributed by atoms with Gasteiger partial charge in [-0.15, -0.1) is 0 Å². The molecule has 0 aromatic heterocycles. The van der Waals surface area contributed by atoms with Crippen LogP contribution in [0, 0.1) is 5.92 Å². The number of amides is 1. The first-order valence-corrected chi connectivity index (χ1v) is 9.50. The van der Waals surface area contributed by atoms with Gasteiger partial charge in [0.15, 0.2) is 6.61 Å². The van der Waals surface area contributed by atoms with Crippen molar-refractivity contribution in [2.45, 2.75) is 19.8 Å². The van der Waals surface area contributed by atoms with Crippen LogP contribution in [0.3, 0.4) is 0 Å². The van der Waals surface area contributed by atoms with Crippen molar-refractivity contribution in [1.29, 1.82) is 0 Å². The molecule has 26 heavy (non-hydrogen) atoms. The zero-order valence-corrected chi connectivity index (χ0v) is 16.2. The number of carbonyl (C=O) groups excluding carboxylic acids is 1. The first-order valence-electron chi connectivity index (χ1n) is 8.74. The van der Waals surface area contributed by atoms with Gasteiger partial charge in [-0.1, -0.05) is 42.3 Å². The smallest absolute Gasteiger partial charge is 0.262 e. The van der Waals surface area contributed by atoms with Gasteiger partial charge < -0.3 is 15.0 Å². The highest BCUT2D eigenvalue weighted by molar-refractivity contribution is 6.33. The lowest BCUT2D eigenvalue weighted by atomic mass is 9.99. The minimum absolute atomic E-state index is 0.118. The van der Waals surface area contributed by atoms with Crippen LogP contribution < -0.4 is 15.0 Å². The SMILES string of the molecule is CC1CCN(c2ccc(NC(=O)COc3ccccc3Cl)cc2Cl)CC1.